The summed E-state index contributed by atoms with van der Waals surface area (Å²) in [7, 11) is 0. The van der Waals surface area contributed by atoms with Crippen LogP contribution in [-0.2, 0) is 28.2 Å². The summed E-state index contributed by atoms with van der Waals surface area (Å²) >= 11 is -3.70. The molecule has 0 radical (unpaired) electrons. The maximum absolute atomic E-state index is 3.70. The van der Waals surface area contributed by atoms with Gasteiger partial charge in [-0.25, -0.2) is 0 Å². The molecule has 0 heterocycles. The number of fused-ring (bicyclic) bond motifs is 2. The quantitative estimate of drug-likeness (QED) is 0.171. The predicted octanol–water partition coefficient (Wildman–Crippen LogP) is 13.2. The van der Waals surface area contributed by atoms with E-state index in [1.807, 2.05) is 0 Å². The summed E-state index contributed by atoms with van der Waals surface area (Å²) in [5, 5.41) is 0. The van der Waals surface area contributed by atoms with Crippen molar-refractivity contribution in [2.24, 2.45) is 0 Å². The molecule has 0 bridgehead atoms. The van der Waals surface area contributed by atoms with E-state index in [1.165, 1.54) is 52.8 Å². The SMILES string of the molecule is C[CH2][Zr](=[SiH2])([CH2]C)([CH]1C(C)=Cc2c(-c3ccc(C(C)(C)C)cc3)cccc21)[CH]1C(C)=Cc2c(-c3ccc(C(C)(C)C)cc3)cccc21.Cl.Cl. The molecule has 4 aromatic carbocycles. The molecule has 4 heteroatoms. The Morgan fingerprint density at radius 1 is 0.542 bits per heavy atom. The van der Waals surface area contributed by atoms with Crippen molar-refractivity contribution in [1.82, 2.24) is 0 Å². The van der Waals surface area contributed by atoms with E-state index in [4.69, 9.17) is 0 Å². The largest absolute Gasteiger partial charge is 0.147 e. The van der Waals surface area contributed by atoms with Gasteiger partial charge in [-0.3, -0.25) is 0 Å². The van der Waals surface area contributed by atoms with Crippen LogP contribution in [0.15, 0.2) is 96.1 Å². The second-order valence-corrected chi connectivity index (χ2v) is 44.4. The Hall–Kier alpha value is -1.96. The van der Waals surface area contributed by atoms with Gasteiger partial charge in [0, 0.05) is 0 Å². The first-order valence-corrected chi connectivity index (χ1v) is 29.7. The topological polar surface area (TPSA) is 0 Å². The van der Waals surface area contributed by atoms with E-state index in [0.29, 0.717) is 7.25 Å². The van der Waals surface area contributed by atoms with Gasteiger partial charge < -0.3 is 0 Å². The van der Waals surface area contributed by atoms with Crippen LogP contribution >= 0.6 is 24.8 Å². The van der Waals surface area contributed by atoms with E-state index in [0.717, 1.165) is 0 Å². The van der Waals surface area contributed by atoms with Crippen molar-refractivity contribution < 1.29 is 17.4 Å². The molecule has 0 N–H and O–H groups in total. The standard InChI is InChI=1S/2C20H21.2C2H5.2ClH.H2Si.Zr/c2*1-14-12-16-6-5-7-18(19(16)13-14)15-8-10-17(11-9-15)20(2,3)4;2*1-2;;;;/h2*5-13H,1-4H3;2*1H2,2H3;2*1H;1H2;. The minimum Gasteiger partial charge on any atom is -0.147 e. The maximum atomic E-state index is 2.57. The summed E-state index contributed by atoms with van der Waals surface area (Å²) in [6.07, 6.45) is 5.14. The summed E-state index contributed by atoms with van der Waals surface area (Å²) in [6.45, 7) is 26.3. The Morgan fingerprint density at radius 3 is 1.17 bits per heavy atom. The van der Waals surface area contributed by atoms with Gasteiger partial charge in [0.2, 0.25) is 0 Å². The summed E-state index contributed by atoms with van der Waals surface area (Å²) in [5.41, 5.74) is 17.8. The Morgan fingerprint density at radius 2 is 0.875 bits per heavy atom. The Kier molecular flexibility index (Phi) is 11.0. The van der Waals surface area contributed by atoms with Gasteiger partial charge in [0.15, 0.2) is 0 Å². The van der Waals surface area contributed by atoms with Gasteiger partial charge >= 0.3 is 284 Å². The molecule has 0 aromatic heterocycles. The van der Waals surface area contributed by atoms with Gasteiger partial charge in [-0.05, 0) is 0 Å². The van der Waals surface area contributed by atoms with Gasteiger partial charge in [0.25, 0.3) is 0 Å². The molecule has 0 saturated heterocycles. The maximum Gasteiger partial charge on any atom is -0.147 e. The molecule has 2 aliphatic rings. The van der Waals surface area contributed by atoms with Crippen molar-refractivity contribution in [1.29, 1.82) is 0 Å². The number of halogens is 2. The fraction of sp³-hybridized carbons (Fsp3) is 0.364. The Labute approximate surface area is 306 Å². The number of rotatable bonds is 6. The fourth-order valence-corrected chi connectivity index (χ4v) is 33.5. The van der Waals surface area contributed by atoms with Gasteiger partial charge in [-0.1, -0.05) is 0 Å². The number of benzene rings is 4. The van der Waals surface area contributed by atoms with Gasteiger partial charge in [0.1, 0.15) is 0 Å². The first kappa shape index (κ1) is 38.8. The first-order chi connectivity index (χ1) is 21.6. The number of hydrogen-bond donors (Lipinski definition) is 0. The average molecular weight is 775 g/mol. The van der Waals surface area contributed by atoms with Crippen molar-refractivity contribution in [3.05, 3.63) is 129 Å². The summed E-state index contributed by atoms with van der Waals surface area (Å²) < 4.78 is 3.73. The van der Waals surface area contributed by atoms with Crippen molar-refractivity contribution in [3.8, 4) is 22.3 Å². The van der Waals surface area contributed by atoms with Crippen molar-refractivity contribution in [3.63, 3.8) is 0 Å². The fourth-order valence-electron chi connectivity index (χ4n) is 9.21. The number of allylic oxidation sites excluding steroid dienone is 2. The zero-order valence-electron chi connectivity index (χ0n) is 30.8. The first-order valence-electron chi connectivity index (χ1n) is 17.5. The van der Waals surface area contributed by atoms with Gasteiger partial charge in [0.05, 0.1) is 0 Å². The molecule has 4 aromatic rings. The Balaban J connectivity index is 0.00000260. The molecule has 2 unspecified atom stereocenters. The smallest absolute Gasteiger partial charge is 0.147 e. The minimum absolute atomic E-state index is 0. The van der Waals surface area contributed by atoms with Crippen LogP contribution in [0.1, 0.15) is 110 Å². The monoisotopic (exact) mass is 772 g/mol. The van der Waals surface area contributed by atoms with Crippen LogP contribution in [0.4, 0.5) is 0 Å². The normalized spacial score (nSPS) is 17.5. The third kappa shape index (κ3) is 6.27. The van der Waals surface area contributed by atoms with Gasteiger partial charge in [-0.15, -0.1) is 24.8 Å². The zero-order valence-corrected chi connectivity index (χ0v) is 36.3. The summed E-state index contributed by atoms with van der Waals surface area (Å²) in [4.78, 5) is 0. The molecular formula is C44H56Cl2SiZr. The van der Waals surface area contributed by atoms with Crippen LogP contribution in [0.3, 0.4) is 0 Å². The Bertz CT molecular complexity index is 1800. The van der Waals surface area contributed by atoms with E-state index in [2.05, 4.69) is 173 Å². The van der Waals surface area contributed by atoms with Gasteiger partial charge in [-0.2, -0.15) is 0 Å². The van der Waals surface area contributed by atoms with Crippen LogP contribution in [0.5, 0.6) is 0 Å². The molecule has 6 rings (SSSR count). The van der Waals surface area contributed by atoms with Crippen LogP contribution in [0.25, 0.3) is 34.4 Å². The van der Waals surface area contributed by atoms with Crippen LogP contribution in [0.2, 0.25) is 8.26 Å². The van der Waals surface area contributed by atoms with E-state index >= 15 is 0 Å². The zero-order chi connectivity index (χ0) is 33.3. The average Bonchev–Trinajstić information content (AvgIpc) is 3.56. The molecule has 48 heavy (non-hydrogen) atoms. The van der Waals surface area contributed by atoms with Crippen molar-refractivity contribution in [2.75, 3.05) is 0 Å². The minimum atomic E-state index is -3.70. The van der Waals surface area contributed by atoms with Crippen LogP contribution in [-0.4, -0.2) is 6.88 Å². The third-order valence-electron chi connectivity index (χ3n) is 12.1. The van der Waals surface area contributed by atoms with Crippen molar-refractivity contribution in [2.45, 2.75) is 95.6 Å². The van der Waals surface area contributed by atoms with E-state index in [9.17, 15) is 0 Å². The molecule has 2 atom stereocenters. The molecule has 0 spiro atoms. The summed E-state index contributed by atoms with van der Waals surface area (Å²) in [5.74, 6) is 0. The van der Waals surface area contributed by atoms with Crippen LogP contribution < -0.4 is 0 Å². The molecule has 0 nitrogen and oxygen atoms in total. The molecule has 0 amide bonds. The molecule has 0 fully saturated rings. The van der Waals surface area contributed by atoms with E-state index in [1.54, 1.807) is 22.3 Å². The predicted molar refractivity (Wildman–Crippen MR) is 218 cm³/mol. The number of hydrogen-bond acceptors (Lipinski definition) is 0. The molecular weight excluding hydrogens is 719 g/mol. The molecule has 2 aliphatic carbocycles. The molecule has 254 valence electrons. The van der Waals surface area contributed by atoms with E-state index in [-0.39, 0.29) is 35.6 Å². The van der Waals surface area contributed by atoms with Crippen LogP contribution in [0, 0.1) is 0 Å². The van der Waals surface area contributed by atoms with E-state index < -0.39 is 17.4 Å². The molecule has 0 saturated carbocycles. The van der Waals surface area contributed by atoms with Crippen molar-refractivity contribution >= 4 is 43.8 Å². The second kappa shape index (κ2) is 13.6. The third-order valence-corrected chi connectivity index (χ3v) is 43.2. The second-order valence-electron chi connectivity index (χ2n) is 16.8. The summed E-state index contributed by atoms with van der Waals surface area (Å²) in [6, 6.07) is 33.1. The molecule has 0 aliphatic heterocycles.